The Labute approximate surface area is 236 Å². The number of nitrogens with zero attached hydrogens (tertiary/aromatic N) is 5. The molecule has 0 amide bonds. The first-order valence-electron chi connectivity index (χ1n) is 14.7. The molecule has 6 rings (SSSR count). The molecule has 0 atom stereocenters. The number of aryl methyl sites for hydroxylation is 1. The molecule has 3 aliphatic rings. The number of carbonyl (C=O) groups is 1. The molecule has 1 spiro atoms. The number of anilines is 1. The van der Waals surface area contributed by atoms with Crippen LogP contribution in [-0.4, -0.2) is 70.0 Å². The molecule has 0 bridgehead atoms. The summed E-state index contributed by atoms with van der Waals surface area (Å²) in [6.45, 7) is 6.07. The summed E-state index contributed by atoms with van der Waals surface area (Å²) in [5, 5.41) is 0.916. The second kappa shape index (κ2) is 11.5. The molecule has 2 fully saturated rings. The molecule has 2 saturated heterocycles. The van der Waals surface area contributed by atoms with Crippen LogP contribution in [0.3, 0.4) is 0 Å². The molecule has 1 aliphatic carbocycles. The predicted octanol–water partition coefficient (Wildman–Crippen LogP) is 5.05. The number of ether oxygens (including phenoxy) is 1. The largest absolute Gasteiger partial charge is 0.492 e. The van der Waals surface area contributed by atoms with Gasteiger partial charge in [0.15, 0.2) is 0 Å². The van der Waals surface area contributed by atoms with Gasteiger partial charge in [-0.15, -0.1) is 0 Å². The summed E-state index contributed by atoms with van der Waals surface area (Å²) >= 11 is 0. The second-order valence-corrected chi connectivity index (χ2v) is 11.6. The summed E-state index contributed by atoms with van der Waals surface area (Å²) in [5.41, 5.74) is 12.4. The number of allylic oxidation sites excluding steroid dienone is 3. The minimum atomic E-state index is 0.340. The molecule has 3 aromatic rings. The zero-order chi connectivity index (χ0) is 27.5. The highest BCUT2D eigenvalue weighted by molar-refractivity contribution is 6.06. The molecule has 8 nitrogen and oxygen atoms in total. The maximum Gasteiger partial charge on any atom is 0.146 e. The number of likely N-dealkylation sites (tertiary alicyclic amines) is 2. The topological polar surface area (TPSA) is 89.5 Å². The van der Waals surface area contributed by atoms with Crippen LogP contribution in [0.4, 0.5) is 5.82 Å². The van der Waals surface area contributed by atoms with Gasteiger partial charge in [0.25, 0.3) is 0 Å². The molecular formula is C32H40N6O2. The Bertz CT molecular complexity index is 1410. The van der Waals surface area contributed by atoms with E-state index in [4.69, 9.17) is 10.5 Å². The minimum absolute atomic E-state index is 0.340. The molecule has 0 saturated carbocycles. The molecule has 210 valence electrons. The van der Waals surface area contributed by atoms with Crippen molar-refractivity contribution in [3.8, 4) is 16.9 Å². The summed E-state index contributed by atoms with van der Waals surface area (Å²) in [7, 11) is 2.09. The monoisotopic (exact) mass is 540 g/mol. The number of nitrogens with two attached hydrogens (primary N) is 1. The number of hydrogen-bond donors (Lipinski definition) is 1. The number of nitrogen functional groups attached to an aromatic ring is 1. The highest BCUT2D eigenvalue weighted by Crippen LogP contribution is 2.48. The van der Waals surface area contributed by atoms with E-state index in [-0.39, 0.29) is 0 Å². The number of rotatable bonds is 8. The third-order valence-electron chi connectivity index (χ3n) is 9.26. The number of benzene rings is 1. The van der Waals surface area contributed by atoms with Crippen LogP contribution in [0, 0.1) is 5.41 Å². The Morgan fingerprint density at radius 3 is 2.52 bits per heavy atom. The molecular weight excluding hydrogens is 500 g/mol. The fourth-order valence-corrected chi connectivity index (χ4v) is 6.87. The van der Waals surface area contributed by atoms with Crippen molar-refractivity contribution < 1.29 is 9.53 Å². The van der Waals surface area contributed by atoms with E-state index in [9.17, 15) is 4.79 Å². The van der Waals surface area contributed by atoms with E-state index in [1.54, 1.807) is 12.4 Å². The smallest absolute Gasteiger partial charge is 0.146 e. The minimum Gasteiger partial charge on any atom is -0.492 e. The fraction of sp³-hybridized carbons (Fsp3) is 0.469. The number of hydrogen-bond acceptors (Lipinski definition) is 7. The third-order valence-corrected chi connectivity index (χ3v) is 9.26. The number of piperidine rings is 1. The summed E-state index contributed by atoms with van der Waals surface area (Å²) in [4.78, 5) is 24.4. The lowest BCUT2D eigenvalue weighted by molar-refractivity contribution is -0.104. The molecule has 2 aliphatic heterocycles. The van der Waals surface area contributed by atoms with Crippen molar-refractivity contribution in [2.24, 2.45) is 12.5 Å². The van der Waals surface area contributed by atoms with Crippen molar-refractivity contribution in [3.05, 3.63) is 54.6 Å². The normalized spacial score (nSPS) is 19.5. The molecule has 2 N–H and O–H groups in total. The molecule has 1 aromatic carbocycles. The van der Waals surface area contributed by atoms with Crippen molar-refractivity contribution in [1.82, 2.24) is 24.3 Å². The SMILES string of the molecule is Cn1c(C2=CCC3(CC2)CCN(C=CC=O)CC3)c(-c2ccc(OCCN3CCCC3)cc2)c2c(N)ncnc21. The van der Waals surface area contributed by atoms with Gasteiger partial charge in [-0.05, 0) is 92.8 Å². The maximum atomic E-state index is 10.7. The predicted molar refractivity (Wildman–Crippen MR) is 160 cm³/mol. The van der Waals surface area contributed by atoms with Crippen molar-refractivity contribution in [2.45, 2.75) is 44.9 Å². The van der Waals surface area contributed by atoms with Crippen LogP contribution in [-0.2, 0) is 11.8 Å². The van der Waals surface area contributed by atoms with E-state index >= 15 is 0 Å². The highest BCUT2D eigenvalue weighted by atomic mass is 16.5. The van der Waals surface area contributed by atoms with Gasteiger partial charge in [-0.3, -0.25) is 9.69 Å². The zero-order valence-electron chi connectivity index (χ0n) is 23.5. The Morgan fingerprint density at radius 1 is 1.05 bits per heavy atom. The van der Waals surface area contributed by atoms with E-state index in [1.807, 2.05) is 6.20 Å². The Balaban J connectivity index is 1.26. The van der Waals surface area contributed by atoms with Crippen molar-refractivity contribution in [3.63, 3.8) is 0 Å². The average molecular weight is 541 g/mol. The van der Waals surface area contributed by atoms with Crippen LogP contribution >= 0.6 is 0 Å². The first-order chi connectivity index (χ1) is 19.6. The zero-order valence-corrected chi connectivity index (χ0v) is 23.5. The Kier molecular flexibility index (Phi) is 7.61. The molecule has 4 heterocycles. The lowest BCUT2D eigenvalue weighted by Gasteiger charge is -2.43. The highest BCUT2D eigenvalue weighted by Gasteiger charge is 2.36. The van der Waals surface area contributed by atoms with Gasteiger partial charge in [0.1, 0.15) is 36.4 Å². The fourth-order valence-electron chi connectivity index (χ4n) is 6.87. The summed E-state index contributed by atoms with van der Waals surface area (Å²) < 4.78 is 8.28. The van der Waals surface area contributed by atoms with Gasteiger partial charge in [0.2, 0.25) is 0 Å². The average Bonchev–Trinajstić information content (AvgIpc) is 3.61. The first kappa shape index (κ1) is 26.6. The number of fused-ring (bicyclic) bond motifs is 1. The molecule has 8 heteroatoms. The van der Waals surface area contributed by atoms with Crippen LogP contribution in [0.1, 0.15) is 50.6 Å². The van der Waals surface area contributed by atoms with Crippen LogP contribution in [0.25, 0.3) is 27.7 Å². The van der Waals surface area contributed by atoms with Gasteiger partial charge in [-0.2, -0.15) is 0 Å². The quantitative estimate of drug-likeness (QED) is 0.316. The standard InChI is InChI=1S/C32H40N6O2/c1-36-29(25-9-11-32(12-10-25)13-18-38(19-14-32)17-4-21-39)27(28-30(33)34-23-35-31(28)36)24-5-7-26(8-6-24)40-22-20-37-15-2-3-16-37/h4-9,17,21,23H,2-3,10-16,18-20,22H2,1H3,(H2,33,34,35). The van der Waals surface area contributed by atoms with E-state index in [0.29, 0.717) is 17.8 Å². The van der Waals surface area contributed by atoms with Crippen molar-refractivity contribution >= 4 is 28.7 Å². The van der Waals surface area contributed by atoms with Gasteiger partial charge < -0.3 is 19.9 Å². The van der Waals surface area contributed by atoms with E-state index in [2.05, 4.69) is 61.7 Å². The lowest BCUT2D eigenvalue weighted by Crippen LogP contribution is -2.38. The summed E-state index contributed by atoms with van der Waals surface area (Å²) in [6, 6.07) is 8.42. The van der Waals surface area contributed by atoms with Gasteiger partial charge in [-0.1, -0.05) is 18.2 Å². The maximum absolute atomic E-state index is 10.7. The lowest BCUT2D eigenvalue weighted by atomic mass is 9.68. The van der Waals surface area contributed by atoms with Gasteiger partial charge in [0.05, 0.1) is 11.1 Å². The van der Waals surface area contributed by atoms with Crippen molar-refractivity contribution in [2.75, 3.05) is 45.1 Å². The molecule has 0 unspecified atom stereocenters. The summed E-state index contributed by atoms with van der Waals surface area (Å²) in [5.74, 6) is 1.40. The van der Waals surface area contributed by atoms with Gasteiger partial charge >= 0.3 is 0 Å². The van der Waals surface area contributed by atoms with Crippen molar-refractivity contribution in [1.29, 1.82) is 0 Å². The van der Waals surface area contributed by atoms with Crippen LogP contribution in [0.15, 0.2) is 48.9 Å². The van der Waals surface area contributed by atoms with E-state index in [1.165, 1.54) is 37.2 Å². The van der Waals surface area contributed by atoms with E-state index < -0.39 is 0 Å². The molecule has 2 aromatic heterocycles. The third kappa shape index (κ3) is 5.24. The van der Waals surface area contributed by atoms with Crippen LogP contribution in [0.5, 0.6) is 5.75 Å². The summed E-state index contributed by atoms with van der Waals surface area (Å²) in [6.07, 6.45) is 16.5. The molecule has 0 radical (unpaired) electrons. The van der Waals surface area contributed by atoms with Gasteiger partial charge in [-0.25, -0.2) is 9.97 Å². The number of aldehydes is 1. The Hall–Kier alpha value is -3.65. The second-order valence-electron chi connectivity index (χ2n) is 11.6. The number of carbonyl (C=O) groups excluding carboxylic acids is 1. The Morgan fingerprint density at radius 2 is 1.82 bits per heavy atom. The first-order valence-corrected chi connectivity index (χ1v) is 14.7. The van der Waals surface area contributed by atoms with Crippen LogP contribution < -0.4 is 10.5 Å². The number of aromatic nitrogens is 3. The van der Waals surface area contributed by atoms with E-state index in [0.717, 1.165) is 85.9 Å². The molecule has 40 heavy (non-hydrogen) atoms. The van der Waals surface area contributed by atoms with Gasteiger partial charge in [0, 0.05) is 38.4 Å². The van der Waals surface area contributed by atoms with Crippen LogP contribution in [0.2, 0.25) is 0 Å².